The quantitative estimate of drug-likeness (QED) is 0.276. The number of halogens is 13. The molecule has 0 saturated carbocycles. The minimum atomic E-state index is -6.00. The maximum atomic E-state index is 11.3. The van der Waals surface area contributed by atoms with E-state index in [1.165, 1.54) is 10.2 Å². The molecule has 0 unspecified atom stereocenters. The van der Waals surface area contributed by atoms with Gasteiger partial charge in [-0.1, -0.05) is 32.0 Å². The molecule has 0 atom stereocenters. The monoisotopic (exact) mass is 521 g/mol. The van der Waals surface area contributed by atoms with Crippen LogP contribution >= 0.6 is 0 Å². The van der Waals surface area contributed by atoms with Gasteiger partial charge in [0, 0.05) is 11.6 Å². The second-order valence-corrected chi connectivity index (χ2v) is 6.28. The summed E-state index contributed by atoms with van der Waals surface area (Å²) in [6, 6.07) is 9.17. The molecule has 0 spiro atoms. The van der Waals surface area contributed by atoms with Crippen molar-refractivity contribution in [1.29, 1.82) is 0 Å². The molecule has 2 aromatic rings. The summed E-state index contributed by atoms with van der Waals surface area (Å²) in [7, 11) is -21.2. The number of benzene rings is 1. The van der Waals surface area contributed by atoms with Crippen LogP contribution in [0.25, 0.3) is 10.9 Å². The van der Waals surface area contributed by atoms with Gasteiger partial charge in [-0.3, -0.25) is 0 Å². The molecular formula is C11H17B3F13N2O2S-3. The molecule has 32 heavy (non-hydrogen) atoms. The molecule has 0 aliphatic carbocycles. The van der Waals surface area contributed by atoms with Crippen LogP contribution in [0.4, 0.5) is 56.3 Å². The van der Waals surface area contributed by atoms with Gasteiger partial charge in [0.15, 0.2) is 0 Å². The Balaban J connectivity index is -0.000000175. The number of aromatic nitrogens is 1. The van der Waals surface area contributed by atoms with Gasteiger partial charge < -0.3 is 51.8 Å². The summed E-state index contributed by atoms with van der Waals surface area (Å²) in [5.74, 6) is 3.00. The maximum absolute atomic E-state index is 11.3. The Hall–Kier alpha value is -2.05. The molecule has 0 aliphatic rings. The van der Waals surface area contributed by atoms with Crippen LogP contribution in [0.3, 0.4) is 0 Å². The normalized spacial score (nSPS) is 10.9. The second kappa shape index (κ2) is 16.6. The van der Waals surface area contributed by atoms with E-state index in [1.807, 2.05) is 32.0 Å². The predicted octanol–water partition coefficient (Wildman–Crippen LogP) is 6.20. The van der Waals surface area contributed by atoms with Crippen LogP contribution in [0.2, 0.25) is 0 Å². The van der Waals surface area contributed by atoms with E-state index < -0.39 is 31.8 Å². The van der Waals surface area contributed by atoms with Gasteiger partial charge in [-0.15, -0.1) is 4.48 Å². The lowest BCUT2D eigenvalue weighted by atomic mass is 10.3. The molecule has 0 fully saturated rings. The lowest BCUT2D eigenvalue weighted by Crippen LogP contribution is -2.07. The number of nitrogens with zero attached hydrogens (tertiary/aromatic N) is 1. The molecule has 192 valence electrons. The van der Waals surface area contributed by atoms with E-state index in [2.05, 4.69) is 5.96 Å². The number of rotatable bonds is 1. The molecule has 1 aromatic carbocycles. The molecule has 2 rings (SSSR count). The SMILES string of the molecule is CC.CS(=O)(=O)n1ccc2ccccc21.F[B-](F)(F)F.F[B-](F)(F)F.F[B-](F)(F)F.NF. The Morgan fingerprint density at radius 1 is 0.688 bits per heavy atom. The highest BCUT2D eigenvalue weighted by Gasteiger charge is 2.21. The number of para-hydroxylation sites is 1. The Kier molecular flexibility index (Phi) is 19.3. The van der Waals surface area contributed by atoms with Crippen LogP contribution in [0.15, 0.2) is 36.5 Å². The first-order valence-corrected chi connectivity index (χ1v) is 9.54. The van der Waals surface area contributed by atoms with Crippen molar-refractivity contribution in [2.24, 2.45) is 5.96 Å². The van der Waals surface area contributed by atoms with Crippen LogP contribution in [0, 0.1) is 0 Å². The fourth-order valence-corrected chi connectivity index (χ4v) is 2.15. The lowest BCUT2D eigenvalue weighted by Gasteiger charge is -2.00. The third-order valence-electron chi connectivity index (χ3n) is 1.92. The minimum Gasteiger partial charge on any atom is -0.418 e. The first-order chi connectivity index (χ1) is 14.1. The van der Waals surface area contributed by atoms with E-state index in [-0.39, 0.29) is 0 Å². The molecule has 0 aliphatic heterocycles. The Morgan fingerprint density at radius 2 is 0.969 bits per heavy atom. The summed E-state index contributed by atoms with van der Waals surface area (Å²) in [5.41, 5.74) is 0.727. The lowest BCUT2D eigenvalue weighted by molar-refractivity contribution is 0.366. The largest absolute Gasteiger partial charge is 0.673 e. The summed E-state index contributed by atoms with van der Waals surface area (Å²) in [6.07, 6.45) is 2.76. The fourth-order valence-electron chi connectivity index (χ4n) is 1.35. The molecule has 21 heteroatoms. The van der Waals surface area contributed by atoms with E-state index in [0.717, 1.165) is 10.9 Å². The summed E-state index contributed by atoms with van der Waals surface area (Å²) in [4.78, 5) is 0. The topological polar surface area (TPSA) is 65.1 Å². The minimum absolute atomic E-state index is 0.727. The van der Waals surface area contributed by atoms with Crippen LogP contribution in [-0.4, -0.2) is 40.4 Å². The highest BCUT2D eigenvalue weighted by molar-refractivity contribution is 7.89. The van der Waals surface area contributed by atoms with Crippen LogP contribution in [-0.2, 0) is 10.0 Å². The standard InChI is InChI=1S/C9H9NO2S.C2H6.3BF4.FH2N/c1-13(11,12)10-7-6-8-4-2-3-5-9(8)10;1-2;3*2-1(3,4)5;1-2/h2-7H,1H3;1-2H3;;;;2H2/q;;3*-1;. The van der Waals surface area contributed by atoms with Crippen LogP contribution < -0.4 is 5.96 Å². The van der Waals surface area contributed by atoms with Crippen molar-refractivity contribution in [1.82, 2.24) is 3.97 Å². The molecule has 4 nitrogen and oxygen atoms in total. The predicted molar refractivity (Wildman–Crippen MR) is 99.4 cm³/mol. The summed E-state index contributed by atoms with van der Waals surface area (Å²) >= 11 is 0. The van der Waals surface area contributed by atoms with E-state index in [4.69, 9.17) is 4.48 Å². The van der Waals surface area contributed by atoms with Crippen LogP contribution in [0.5, 0.6) is 0 Å². The van der Waals surface area contributed by atoms with E-state index >= 15 is 0 Å². The zero-order valence-electron chi connectivity index (χ0n) is 16.4. The summed E-state index contributed by atoms with van der Waals surface area (Å²) in [6.45, 7) is 4.00. The first kappa shape index (κ1) is 37.3. The van der Waals surface area contributed by atoms with Crippen molar-refractivity contribution in [3.8, 4) is 0 Å². The second-order valence-electron chi connectivity index (χ2n) is 4.42. The van der Waals surface area contributed by atoms with Crippen molar-refractivity contribution >= 4 is 42.7 Å². The third kappa shape index (κ3) is 35.4. The Bertz CT molecular complexity index is 776. The number of hydrogen-bond donors (Lipinski definition) is 1. The van der Waals surface area contributed by atoms with Gasteiger partial charge in [-0.25, -0.2) is 12.4 Å². The van der Waals surface area contributed by atoms with E-state index in [9.17, 15) is 60.2 Å². The molecule has 0 radical (unpaired) electrons. The average molecular weight is 521 g/mol. The smallest absolute Gasteiger partial charge is 0.418 e. The fraction of sp³-hybridized carbons (Fsp3) is 0.273. The molecule has 2 N–H and O–H groups in total. The highest BCUT2D eigenvalue weighted by Crippen LogP contribution is 2.16. The zero-order valence-corrected chi connectivity index (χ0v) is 17.2. The van der Waals surface area contributed by atoms with E-state index in [0.29, 0.717) is 0 Å². The van der Waals surface area contributed by atoms with Gasteiger partial charge in [0.25, 0.3) is 0 Å². The molecular weight excluding hydrogens is 504 g/mol. The van der Waals surface area contributed by atoms with Gasteiger partial charge in [0.1, 0.15) is 0 Å². The van der Waals surface area contributed by atoms with Crippen LogP contribution in [0.1, 0.15) is 13.8 Å². The number of hydrogen-bond acceptors (Lipinski definition) is 3. The van der Waals surface area contributed by atoms with Crippen molar-refractivity contribution < 1.29 is 64.7 Å². The van der Waals surface area contributed by atoms with Crippen molar-refractivity contribution in [3.05, 3.63) is 36.5 Å². The molecule has 0 amide bonds. The number of nitrogens with two attached hydrogens (primary N) is 1. The van der Waals surface area contributed by atoms with Gasteiger partial charge in [-0.2, -0.15) is 5.96 Å². The summed E-state index contributed by atoms with van der Waals surface area (Å²) < 4.78 is 150. The first-order valence-electron chi connectivity index (χ1n) is 7.69. The summed E-state index contributed by atoms with van der Waals surface area (Å²) in [5, 5.41) is 0.938. The molecule has 0 bridgehead atoms. The highest BCUT2D eigenvalue weighted by atomic mass is 32.2. The van der Waals surface area contributed by atoms with Gasteiger partial charge in [0.2, 0.25) is 10.0 Å². The Morgan fingerprint density at radius 3 is 1.25 bits per heavy atom. The average Bonchev–Trinajstić information content (AvgIpc) is 2.98. The van der Waals surface area contributed by atoms with Crippen molar-refractivity contribution in [2.45, 2.75) is 13.8 Å². The molecule has 1 aromatic heterocycles. The van der Waals surface area contributed by atoms with Gasteiger partial charge in [-0.05, 0) is 12.1 Å². The van der Waals surface area contributed by atoms with Gasteiger partial charge >= 0.3 is 21.8 Å². The van der Waals surface area contributed by atoms with E-state index in [1.54, 1.807) is 18.3 Å². The maximum Gasteiger partial charge on any atom is 0.673 e. The molecule has 0 saturated heterocycles. The Labute approximate surface area is 174 Å². The molecule has 1 heterocycles. The number of fused-ring (bicyclic) bond motifs is 1. The zero-order chi connectivity index (χ0) is 27.0. The van der Waals surface area contributed by atoms with Gasteiger partial charge in [0.05, 0.1) is 11.8 Å². The van der Waals surface area contributed by atoms with Crippen molar-refractivity contribution in [3.63, 3.8) is 0 Å². The van der Waals surface area contributed by atoms with Crippen molar-refractivity contribution in [2.75, 3.05) is 6.26 Å². The third-order valence-corrected chi connectivity index (χ3v) is 2.95.